The zero-order valence-electron chi connectivity index (χ0n) is 7.31. The summed E-state index contributed by atoms with van der Waals surface area (Å²) in [5, 5.41) is 2.72. The van der Waals surface area contributed by atoms with E-state index in [0.717, 1.165) is 0 Å². The molecule has 0 fully saturated rings. The van der Waals surface area contributed by atoms with Crippen LogP contribution in [0.2, 0.25) is 0 Å². The first-order valence-electron chi connectivity index (χ1n) is 3.91. The second-order valence-electron chi connectivity index (χ2n) is 2.47. The molecule has 0 amide bonds. The normalized spacial score (nSPS) is 9.77. The molecule has 1 aromatic carbocycles. The Balaban J connectivity index is 2.71. The van der Waals surface area contributed by atoms with Gasteiger partial charge in [-0.1, -0.05) is 0 Å². The summed E-state index contributed by atoms with van der Waals surface area (Å²) in [5.41, 5.74) is 0.552. The molecule has 72 valence electrons. The summed E-state index contributed by atoms with van der Waals surface area (Å²) >= 11 is 0. The molecule has 0 aliphatic rings. The summed E-state index contributed by atoms with van der Waals surface area (Å²) in [6.07, 6.45) is 0. The van der Waals surface area contributed by atoms with Gasteiger partial charge in [0.2, 0.25) is 0 Å². The van der Waals surface area contributed by atoms with Crippen molar-refractivity contribution in [1.29, 1.82) is 0 Å². The number of hydrogen-bond donors (Lipinski definition) is 1. The monoisotopic (exact) mass is 187 g/mol. The van der Waals surface area contributed by atoms with Gasteiger partial charge in [0.15, 0.2) is 11.6 Å². The smallest absolute Gasteiger partial charge is 0.167 e. The molecule has 0 saturated carbocycles. The van der Waals surface area contributed by atoms with E-state index in [1.54, 1.807) is 6.07 Å². The Bertz CT molecular complexity index is 278. The number of methoxy groups -OCH3 is 1. The third-order valence-electron chi connectivity index (χ3n) is 1.58. The number of hydrogen-bond acceptors (Lipinski definition) is 2. The first-order chi connectivity index (χ1) is 6.27. The van der Waals surface area contributed by atoms with Crippen molar-refractivity contribution < 1.29 is 13.5 Å². The summed E-state index contributed by atoms with van der Waals surface area (Å²) < 4.78 is 29.5. The van der Waals surface area contributed by atoms with Crippen molar-refractivity contribution in [3.05, 3.63) is 24.0 Å². The summed E-state index contributed by atoms with van der Waals surface area (Å²) in [6, 6.07) is 4.40. The van der Waals surface area contributed by atoms with Crippen LogP contribution in [0.1, 0.15) is 0 Å². The summed E-state index contributed by atoms with van der Waals surface area (Å²) in [5.74, 6) is -0.267. The molecule has 0 atom stereocenters. The van der Waals surface area contributed by atoms with E-state index in [0.29, 0.717) is 5.69 Å². The third-order valence-corrected chi connectivity index (χ3v) is 1.58. The van der Waals surface area contributed by atoms with Crippen molar-refractivity contribution in [3.63, 3.8) is 0 Å². The molecule has 0 aliphatic heterocycles. The van der Waals surface area contributed by atoms with Crippen LogP contribution in [0.25, 0.3) is 0 Å². The number of benzene rings is 1. The van der Waals surface area contributed by atoms with Gasteiger partial charge in [-0.25, -0.2) is 8.78 Å². The Morgan fingerprint density at radius 2 is 2.23 bits per heavy atom. The van der Waals surface area contributed by atoms with Gasteiger partial charge in [-0.15, -0.1) is 0 Å². The standard InChI is InChI=1S/C9H11F2NO/c1-13-9-3-2-7(6-8(9)11)12-5-4-10/h2-3,6,12H,4-5H2,1H3. The number of rotatable bonds is 4. The Morgan fingerprint density at radius 3 is 2.77 bits per heavy atom. The molecule has 2 nitrogen and oxygen atoms in total. The minimum atomic E-state index is -0.479. The number of anilines is 1. The maximum absolute atomic E-state index is 13.0. The minimum Gasteiger partial charge on any atom is -0.494 e. The van der Waals surface area contributed by atoms with Gasteiger partial charge < -0.3 is 10.1 Å². The molecule has 0 unspecified atom stereocenters. The fourth-order valence-electron chi connectivity index (χ4n) is 0.968. The predicted molar refractivity (Wildman–Crippen MR) is 47.4 cm³/mol. The Labute approximate surface area is 75.5 Å². The van der Waals surface area contributed by atoms with E-state index in [-0.39, 0.29) is 12.3 Å². The summed E-state index contributed by atoms with van der Waals surface area (Å²) in [7, 11) is 1.40. The molecule has 1 rings (SSSR count). The van der Waals surface area contributed by atoms with E-state index >= 15 is 0 Å². The molecule has 0 aliphatic carbocycles. The molecular weight excluding hydrogens is 176 g/mol. The molecule has 0 aromatic heterocycles. The SMILES string of the molecule is COc1ccc(NCCF)cc1F. The van der Waals surface area contributed by atoms with Crippen molar-refractivity contribution in [3.8, 4) is 5.75 Å². The van der Waals surface area contributed by atoms with E-state index in [1.807, 2.05) is 0 Å². The van der Waals surface area contributed by atoms with E-state index in [4.69, 9.17) is 4.74 Å². The maximum atomic E-state index is 13.0. The van der Waals surface area contributed by atoms with E-state index in [1.165, 1.54) is 19.2 Å². The lowest BCUT2D eigenvalue weighted by molar-refractivity contribution is 0.386. The van der Waals surface area contributed by atoms with Crippen molar-refractivity contribution >= 4 is 5.69 Å². The lowest BCUT2D eigenvalue weighted by atomic mass is 10.3. The average Bonchev–Trinajstić information content (AvgIpc) is 2.15. The van der Waals surface area contributed by atoms with Gasteiger partial charge in [0, 0.05) is 18.3 Å². The highest BCUT2D eigenvalue weighted by Gasteiger charge is 2.02. The Hall–Kier alpha value is -1.32. The zero-order valence-corrected chi connectivity index (χ0v) is 7.31. The Morgan fingerprint density at radius 1 is 1.46 bits per heavy atom. The topological polar surface area (TPSA) is 21.3 Å². The zero-order chi connectivity index (χ0) is 9.68. The van der Waals surface area contributed by atoms with E-state index in [2.05, 4.69) is 5.32 Å². The number of ether oxygens (including phenoxy) is 1. The highest BCUT2D eigenvalue weighted by Crippen LogP contribution is 2.20. The van der Waals surface area contributed by atoms with Crippen LogP contribution in [-0.2, 0) is 0 Å². The van der Waals surface area contributed by atoms with Gasteiger partial charge in [-0.3, -0.25) is 0 Å². The molecule has 0 radical (unpaired) electrons. The van der Waals surface area contributed by atoms with Crippen molar-refractivity contribution in [2.24, 2.45) is 0 Å². The second kappa shape index (κ2) is 4.64. The first-order valence-corrected chi connectivity index (χ1v) is 3.91. The van der Waals surface area contributed by atoms with Gasteiger partial charge in [-0.05, 0) is 12.1 Å². The highest BCUT2D eigenvalue weighted by atomic mass is 19.1. The van der Waals surface area contributed by atoms with Crippen LogP contribution in [0.15, 0.2) is 18.2 Å². The van der Waals surface area contributed by atoms with Gasteiger partial charge in [-0.2, -0.15) is 0 Å². The molecule has 0 bridgehead atoms. The van der Waals surface area contributed by atoms with Crippen LogP contribution >= 0.6 is 0 Å². The maximum Gasteiger partial charge on any atom is 0.167 e. The van der Waals surface area contributed by atoms with Crippen molar-refractivity contribution in [2.45, 2.75) is 0 Å². The van der Waals surface area contributed by atoms with Gasteiger partial charge in [0.25, 0.3) is 0 Å². The van der Waals surface area contributed by atoms with E-state index < -0.39 is 12.5 Å². The molecule has 0 saturated heterocycles. The third kappa shape index (κ3) is 2.57. The predicted octanol–water partition coefficient (Wildman–Crippen LogP) is 2.22. The molecule has 1 aromatic rings. The van der Waals surface area contributed by atoms with Crippen molar-refractivity contribution in [1.82, 2.24) is 0 Å². The minimum absolute atomic E-state index is 0.186. The van der Waals surface area contributed by atoms with Crippen LogP contribution in [0, 0.1) is 5.82 Å². The van der Waals surface area contributed by atoms with Crippen LogP contribution in [-0.4, -0.2) is 20.3 Å². The summed E-state index contributed by atoms with van der Waals surface area (Å²) in [6.45, 7) is -0.292. The molecule has 0 spiro atoms. The van der Waals surface area contributed by atoms with Gasteiger partial charge in [0.1, 0.15) is 6.67 Å². The van der Waals surface area contributed by atoms with Crippen LogP contribution < -0.4 is 10.1 Å². The molecular formula is C9H11F2NO. The lowest BCUT2D eigenvalue weighted by Gasteiger charge is -2.06. The molecule has 4 heteroatoms. The van der Waals surface area contributed by atoms with Gasteiger partial charge >= 0.3 is 0 Å². The molecule has 0 heterocycles. The summed E-state index contributed by atoms with van der Waals surface area (Å²) in [4.78, 5) is 0. The van der Waals surface area contributed by atoms with Gasteiger partial charge in [0.05, 0.1) is 7.11 Å². The van der Waals surface area contributed by atoms with Crippen LogP contribution in [0.3, 0.4) is 0 Å². The second-order valence-corrected chi connectivity index (χ2v) is 2.47. The highest BCUT2D eigenvalue weighted by molar-refractivity contribution is 5.47. The fourth-order valence-corrected chi connectivity index (χ4v) is 0.968. The lowest BCUT2D eigenvalue weighted by Crippen LogP contribution is -2.03. The quantitative estimate of drug-likeness (QED) is 0.780. The van der Waals surface area contributed by atoms with Crippen LogP contribution in [0.5, 0.6) is 5.75 Å². The average molecular weight is 187 g/mol. The molecule has 13 heavy (non-hydrogen) atoms. The van der Waals surface area contributed by atoms with Crippen LogP contribution in [0.4, 0.5) is 14.5 Å². The fraction of sp³-hybridized carbons (Fsp3) is 0.333. The number of alkyl halides is 1. The number of halogens is 2. The van der Waals surface area contributed by atoms with E-state index in [9.17, 15) is 8.78 Å². The Kier molecular flexibility index (Phi) is 3.49. The largest absolute Gasteiger partial charge is 0.494 e. The molecule has 1 N–H and O–H groups in total. The number of nitrogens with one attached hydrogen (secondary N) is 1. The van der Waals surface area contributed by atoms with Crippen molar-refractivity contribution in [2.75, 3.05) is 25.6 Å². The first kappa shape index (κ1) is 9.77.